The zero-order valence-corrected chi connectivity index (χ0v) is 13.3. The Kier molecular flexibility index (Phi) is 33.1. The standard InChI is InChI=1S/C2H4O4S.Ca.2Na.4H/c1-2(3)6-7(4)5;;;;;;;/h1H3,(H,4,5);;;;;;;/q;+2;2*+1;4*-1. The van der Waals surface area contributed by atoms with Crippen molar-refractivity contribution >= 4 is 55.1 Å². The van der Waals surface area contributed by atoms with Crippen LogP contribution in [0, 0.1) is 0 Å². The number of carbonyl (C=O) groups excluding carboxylic acids is 1. The molecule has 0 spiro atoms. The van der Waals surface area contributed by atoms with E-state index >= 15 is 0 Å². The molecule has 0 aromatic heterocycles. The molecule has 0 amide bonds. The monoisotopic (exact) mass is 214 g/mol. The third-order valence-corrected chi connectivity index (χ3v) is 0.566. The molecule has 0 saturated carbocycles. The van der Waals surface area contributed by atoms with Crippen LogP contribution in [0.4, 0.5) is 0 Å². The van der Waals surface area contributed by atoms with Gasteiger partial charge in [0.2, 0.25) is 0 Å². The zero-order valence-electron chi connectivity index (χ0n) is 10.3. The van der Waals surface area contributed by atoms with Crippen LogP contribution in [0.15, 0.2) is 0 Å². The van der Waals surface area contributed by atoms with Crippen molar-refractivity contribution in [2.24, 2.45) is 0 Å². The van der Waals surface area contributed by atoms with Crippen LogP contribution in [-0.4, -0.2) is 52.5 Å². The molecule has 1 unspecified atom stereocenters. The first kappa shape index (κ1) is 23.0. The largest absolute Gasteiger partial charge is 2.00 e. The van der Waals surface area contributed by atoms with Gasteiger partial charge in [0.05, 0.1) is 0 Å². The summed E-state index contributed by atoms with van der Waals surface area (Å²) >= 11 is -2.45. The summed E-state index contributed by atoms with van der Waals surface area (Å²) in [5.74, 6) is -0.763. The van der Waals surface area contributed by atoms with Gasteiger partial charge in [-0.1, -0.05) is 0 Å². The molecular weight excluding hydrogens is 206 g/mol. The summed E-state index contributed by atoms with van der Waals surface area (Å²) in [6, 6.07) is 0. The van der Waals surface area contributed by atoms with Crippen LogP contribution in [0.3, 0.4) is 0 Å². The smallest absolute Gasteiger partial charge is 1.00 e. The molecule has 0 rings (SSSR count). The molecule has 4 nitrogen and oxygen atoms in total. The minimum Gasteiger partial charge on any atom is -1.00 e. The molecular formula is C2H8CaNa2O4S. The molecule has 0 aromatic carbocycles. The molecule has 0 fully saturated rings. The molecule has 10 heavy (non-hydrogen) atoms. The van der Waals surface area contributed by atoms with Crippen molar-refractivity contribution in [2.75, 3.05) is 0 Å². The Morgan fingerprint density at radius 3 is 1.90 bits per heavy atom. The second-order valence-corrected chi connectivity index (χ2v) is 1.39. The van der Waals surface area contributed by atoms with E-state index in [1.807, 2.05) is 0 Å². The summed E-state index contributed by atoms with van der Waals surface area (Å²) in [6.45, 7) is 1.05. The van der Waals surface area contributed by atoms with Crippen LogP contribution in [-0.2, 0) is 20.3 Å². The van der Waals surface area contributed by atoms with Crippen molar-refractivity contribution in [1.82, 2.24) is 0 Å². The predicted molar refractivity (Wildman–Crippen MR) is 32.7 cm³/mol. The Balaban J connectivity index is -0.00000000857. The van der Waals surface area contributed by atoms with Crippen molar-refractivity contribution < 1.29 is 82.6 Å². The second kappa shape index (κ2) is 14.4. The topological polar surface area (TPSA) is 63.6 Å². The van der Waals surface area contributed by atoms with E-state index in [0.29, 0.717) is 0 Å². The van der Waals surface area contributed by atoms with Crippen molar-refractivity contribution in [3.63, 3.8) is 0 Å². The fraction of sp³-hybridized carbons (Fsp3) is 0.500. The molecule has 8 heteroatoms. The summed E-state index contributed by atoms with van der Waals surface area (Å²) in [7, 11) is 0. The molecule has 0 heterocycles. The molecule has 1 N–H and O–H groups in total. The molecule has 0 saturated heterocycles. The van der Waals surface area contributed by atoms with Crippen molar-refractivity contribution in [1.29, 1.82) is 0 Å². The van der Waals surface area contributed by atoms with Gasteiger partial charge >= 0.3 is 114 Å². The van der Waals surface area contributed by atoms with Crippen LogP contribution in [0.5, 0.6) is 0 Å². The maximum Gasteiger partial charge on any atom is 2.00 e. The summed E-state index contributed by atoms with van der Waals surface area (Å²) in [4.78, 5) is 9.68. The first-order valence-corrected chi connectivity index (χ1v) is 2.46. The van der Waals surface area contributed by atoms with Crippen molar-refractivity contribution in [3.8, 4) is 0 Å². The Morgan fingerprint density at radius 2 is 1.90 bits per heavy atom. The van der Waals surface area contributed by atoms with Crippen LogP contribution in [0.1, 0.15) is 12.6 Å². The van der Waals surface area contributed by atoms with E-state index in [4.69, 9.17) is 4.55 Å². The van der Waals surface area contributed by atoms with E-state index in [-0.39, 0.29) is 103 Å². The van der Waals surface area contributed by atoms with Gasteiger partial charge in [-0.05, 0) is 0 Å². The van der Waals surface area contributed by atoms with Crippen LogP contribution in [0.2, 0.25) is 0 Å². The zero-order chi connectivity index (χ0) is 5.86. The van der Waals surface area contributed by atoms with E-state index in [9.17, 15) is 9.00 Å². The fourth-order valence-electron chi connectivity index (χ4n) is 0.100. The average molecular weight is 214 g/mol. The van der Waals surface area contributed by atoms with E-state index in [1.54, 1.807) is 0 Å². The molecule has 0 aliphatic rings. The number of rotatable bonds is 1. The van der Waals surface area contributed by atoms with Crippen LogP contribution >= 0.6 is 0 Å². The maximum absolute atomic E-state index is 9.68. The first-order valence-electron chi connectivity index (χ1n) is 1.42. The van der Waals surface area contributed by atoms with Crippen LogP contribution < -0.4 is 59.1 Å². The Bertz CT molecular complexity index is 110. The quantitative estimate of drug-likeness (QED) is 0.348. The molecule has 0 aliphatic heterocycles. The summed E-state index contributed by atoms with van der Waals surface area (Å²) in [6.07, 6.45) is 0. The van der Waals surface area contributed by atoms with E-state index in [2.05, 4.69) is 4.18 Å². The average Bonchev–Trinajstić information content (AvgIpc) is 1.27. The van der Waals surface area contributed by atoms with Gasteiger partial charge < -0.3 is 9.89 Å². The maximum atomic E-state index is 9.68. The van der Waals surface area contributed by atoms with Gasteiger partial charge in [-0.3, -0.25) is 9.35 Å². The molecule has 1 atom stereocenters. The van der Waals surface area contributed by atoms with Crippen LogP contribution in [0.25, 0.3) is 0 Å². The van der Waals surface area contributed by atoms with Gasteiger partial charge in [-0.25, -0.2) is 0 Å². The molecule has 0 aliphatic carbocycles. The third kappa shape index (κ3) is 22.4. The van der Waals surface area contributed by atoms with Crippen molar-refractivity contribution in [2.45, 2.75) is 6.92 Å². The van der Waals surface area contributed by atoms with E-state index in [1.165, 1.54) is 0 Å². The summed E-state index contributed by atoms with van der Waals surface area (Å²) in [5.41, 5.74) is 0. The number of carbonyl (C=O) groups is 1. The first-order chi connectivity index (χ1) is 3.13. The molecule has 0 radical (unpaired) electrons. The third-order valence-electron chi connectivity index (χ3n) is 0.189. The van der Waals surface area contributed by atoms with E-state index < -0.39 is 17.3 Å². The number of hydrogen-bond acceptors (Lipinski definition) is 3. The normalized spacial score (nSPS) is 9.00. The second-order valence-electron chi connectivity index (χ2n) is 0.792. The number of hydrogen-bond donors (Lipinski definition) is 1. The van der Waals surface area contributed by atoms with Gasteiger partial charge in [0, 0.05) is 6.92 Å². The predicted octanol–water partition coefficient (Wildman–Crippen LogP) is -6.24. The van der Waals surface area contributed by atoms with Gasteiger partial charge in [-0.2, -0.15) is 4.21 Å². The minimum atomic E-state index is -2.45. The summed E-state index contributed by atoms with van der Waals surface area (Å²) in [5, 5.41) is 0. The Labute approximate surface area is 142 Å². The summed E-state index contributed by atoms with van der Waals surface area (Å²) < 4.78 is 20.9. The van der Waals surface area contributed by atoms with Gasteiger partial charge in [0.15, 0.2) is 0 Å². The minimum absolute atomic E-state index is 0. The SMILES string of the molecule is CC(=O)OS(=O)O.[Ca+2].[H-].[H-].[H-].[H-].[Na+].[Na+]. The fourth-order valence-corrected chi connectivity index (χ4v) is 0.301. The molecule has 0 aromatic rings. The molecule has 0 bridgehead atoms. The van der Waals surface area contributed by atoms with Crippen molar-refractivity contribution in [3.05, 3.63) is 0 Å². The molecule has 50 valence electrons. The Hall–Kier alpha value is 2.84. The Morgan fingerprint density at radius 1 is 1.60 bits per heavy atom. The van der Waals surface area contributed by atoms with E-state index in [0.717, 1.165) is 6.92 Å². The van der Waals surface area contributed by atoms with Gasteiger partial charge in [0.25, 0.3) is 0 Å². The van der Waals surface area contributed by atoms with Gasteiger partial charge in [0.1, 0.15) is 0 Å². The van der Waals surface area contributed by atoms with Gasteiger partial charge in [-0.15, -0.1) is 0 Å².